The third-order valence-corrected chi connectivity index (χ3v) is 7.42. The van der Waals surface area contributed by atoms with Crippen LogP contribution in [-0.2, 0) is 21.2 Å². The molecule has 0 aliphatic carbocycles. The number of aliphatic imine (C=N–C) groups is 1. The summed E-state index contributed by atoms with van der Waals surface area (Å²) in [7, 11) is -3.00. The van der Waals surface area contributed by atoms with Crippen molar-refractivity contribution in [3.05, 3.63) is 35.4 Å². The van der Waals surface area contributed by atoms with Crippen LogP contribution in [0.5, 0.6) is 0 Å². The first-order valence-electron chi connectivity index (χ1n) is 7.69. The van der Waals surface area contributed by atoms with Gasteiger partial charge in [-0.05, 0) is 12.5 Å². The topological polar surface area (TPSA) is 66.8 Å². The number of thioether (sulfide) groups is 1. The number of amidine groups is 1. The fourth-order valence-electron chi connectivity index (χ4n) is 2.90. The lowest BCUT2D eigenvalue weighted by Gasteiger charge is -2.24. The number of carbonyl (C=O) groups is 1. The summed E-state index contributed by atoms with van der Waals surface area (Å²) in [5.74, 6) is 0.159. The molecule has 0 N–H and O–H groups in total. The van der Waals surface area contributed by atoms with Gasteiger partial charge in [-0.1, -0.05) is 48.5 Å². The molecule has 0 aromatic heterocycles. The van der Waals surface area contributed by atoms with Crippen molar-refractivity contribution < 1.29 is 13.2 Å². The van der Waals surface area contributed by atoms with Crippen LogP contribution in [0.15, 0.2) is 29.3 Å². The Balaban J connectivity index is 1.88. The largest absolute Gasteiger partial charge is 0.342 e. The van der Waals surface area contributed by atoms with Crippen molar-refractivity contribution in [1.82, 2.24) is 4.90 Å². The molecule has 2 unspecified atom stereocenters. The summed E-state index contributed by atoms with van der Waals surface area (Å²) < 4.78 is 23.9. The number of nitrogens with zero attached hydrogens (tertiary/aromatic N) is 2. The highest BCUT2D eigenvalue weighted by Crippen LogP contribution is 2.39. The first-order chi connectivity index (χ1) is 10.9. The van der Waals surface area contributed by atoms with E-state index in [1.165, 1.54) is 17.3 Å². The number of hydrogen-bond acceptors (Lipinski definition) is 4. The molecule has 124 valence electrons. The number of sulfone groups is 1. The van der Waals surface area contributed by atoms with Gasteiger partial charge in [-0.3, -0.25) is 4.79 Å². The van der Waals surface area contributed by atoms with E-state index in [0.717, 1.165) is 5.56 Å². The molecule has 5 nitrogen and oxygen atoms in total. The molecule has 1 aromatic rings. The maximum absolute atomic E-state index is 11.9. The lowest BCUT2D eigenvalue weighted by atomic mass is 10.1. The summed E-state index contributed by atoms with van der Waals surface area (Å²) >= 11 is 1.43. The molecule has 2 fully saturated rings. The van der Waals surface area contributed by atoms with Crippen LogP contribution in [0.3, 0.4) is 0 Å². The highest BCUT2D eigenvalue weighted by molar-refractivity contribution is 8.15. The normalized spacial score (nSPS) is 27.4. The number of fused-ring (bicyclic) bond motifs is 1. The predicted octanol–water partition coefficient (Wildman–Crippen LogP) is 2.00. The highest BCUT2D eigenvalue weighted by atomic mass is 32.2. The molecule has 1 amide bonds. The van der Waals surface area contributed by atoms with Crippen LogP contribution >= 0.6 is 11.8 Å². The van der Waals surface area contributed by atoms with Crippen molar-refractivity contribution in [3.63, 3.8) is 0 Å². The SMILES string of the molecule is CCC(=O)N=C1SC2CS(=O)(=O)CC2N1Cc1ccc(C)cc1. The Hall–Kier alpha value is -1.34. The fourth-order valence-corrected chi connectivity index (χ4v) is 6.86. The van der Waals surface area contributed by atoms with E-state index in [2.05, 4.69) is 4.99 Å². The maximum atomic E-state index is 11.9. The van der Waals surface area contributed by atoms with Crippen LogP contribution in [-0.4, -0.2) is 47.2 Å². The molecular weight excluding hydrogens is 332 g/mol. The van der Waals surface area contributed by atoms with E-state index >= 15 is 0 Å². The fraction of sp³-hybridized carbons (Fsp3) is 0.500. The number of rotatable bonds is 3. The van der Waals surface area contributed by atoms with Gasteiger partial charge in [-0.2, -0.15) is 4.99 Å². The summed E-state index contributed by atoms with van der Waals surface area (Å²) in [5.41, 5.74) is 2.28. The minimum atomic E-state index is -3.00. The number of aryl methyl sites for hydroxylation is 1. The molecular formula is C16H20N2O3S2. The summed E-state index contributed by atoms with van der Waals surface area (Å²) in [6.45, 7) is 4.39. The zero-order valence-corrected chi connectivity index (χ0v) is 14.9. The average molecular weight is 352 g/mol. The third-order valence-electron chi connectivity index (χ3n) is 4.17. The quantitative estimate of drug-likeness (QED) is 0.832. The molecule has 23 heavy (non-hydrogen) atoms. The van der Waals surface area contributed by atoms with Gasteiger partial charge >= 0.3 is 0 Å². The van der Waals surface area contributed by atoms with Crippen molar-refractivity contribution in [1.29, 1.82) is 0 Å². The van der Waals surface area contributed by atoms with E-state index in [1.807, 2.05) is 36.1 Å². The van der Waals surface area contributed by atoms with E-state index in [-0.39, 0.29) is 28.7 Å². The molecule has 0 saturated carbocycles. The van der Waals surface area contributed by atoms with Crippen molar-refractivity contribution >= 4 is 32.7 Å². The van der Waals surface area contributed by atoms with Crippen molar-refractivity contribution in [2.75, 3.05) is 11.5 Å². The molecule has 2 saturated heterocycles. The average Bonchev–Trinajstić information content (AvgIpc) is 2.94. The molecule has 2 aliphatic rings. The standard InChI is InChI=1S/C16H20N2O3S2/c1-3-15(19)17-16-18(8-12-6-4-11(2)5-7-12)13-9-23(20,21)10-14(13)22-16/h4-7,13-14H,3,8-10H2,1-2H3. The summed E-state index contributed by atoms with van der Waals surface area (Å²) in [4.78, 5) is 17.9. The molecule has 0 radical (unpaired) electrons. The van der Waals surface area contributed by atoms with Crippen LogP contribution in [0.4, 0.5) is 0 Å². The first kappa shape index (κ1) is 16.5. The Labute approximate surface area is 141 Å². The highest BCUT2D eigenvalue weighted by Gasteiger charge is 2.48. The van der Waals surface area contributed by atoms with Crippen LogP contribution in [0.1, 0.15) is 24.5 Å². The van der Waals surface area contributed by atoms with Crippen LogP contribution < -0.4 is 0 Å². The molecule has 7 heteroatoms. The van der Waals surface area contributed by atoms with E-state index in [4.69, 9.17) is 0 Å². The summed E-state index contributed by atoms with van der Waals surface area (Å²) in [6, 6.07) is 8.06. The van der Waals surface area contributed by atoms with Gasteiger partial charge < -0.3 is 4.90 Å². The Bertz CT molecular complexity index is 741. The van der Waals surface area contributed by atoms with Crippen molar-refractivity contribution in [3.8, 4) is 0 Å². The van der Waals surface area contributed by atoms with Gasteiger partial charge in [0, 0.05) is 18.2 Å². The Morgan fingerprint density at radius 1 is 1.30 bits per heavy atom. The van der Waals surface area contributed by atoms with Crippen LogP contribution in [0.2, 0.25) is 0 Å². The lowest BCUT2D eigenvalue weighted by molar-refractivity contribution is -0.117. The van der Waals surface area contributed by atoms with E-state index < -0.39 is 9.84 Å². The molecule has 0 spiro atoms. The number of carbonyl (C=O) groups excluding carboxylic acids is 1. The second-order valence-corrected chi connectivity index (χ2v) is 9.42. The Morgan fingerprint density at radius 2 is 2.00 bits per heavy atom. The van der Waals surface area contributed by atoms with E-state index in [1.54, 1.807) is 6.92 Å². The number of amides is 1. The molecule has 2 heterocycles. The minimum absolute atomic E-state index is 0.0196. The third kappa shape index (κ3) is 3.61. The predicted molar refractivity (Wildman–Crippen MR) is 93.3 cm³/mol. The summed E-state index contributed by atoms with van der Waals surface area (Å²) in [6.07, 6.45) is 0.357. The first-order valence-corrected chi connectivity index (χ1v) is 10.4. The van der Waals surface area contributed by atoms with Crippen molar-refractivity contribution in [2.45, 2.75) is 38.1 Å². The monoisotopic (exact) mass is 352 g/mol. The maximum Gasteiger partial charge on any atom is 0.247 e. The number of benzene rings is 1. The second kappa shape index (κ2) is 6.28. The van der Waals surface area contributed by atoms with Gasteiger partial charge in [0.15, 0.2) is 15.0 Å². The smallest absolute Gasteiger partial charge is 0.247 e. The van der Waals surface area contributed by atoms with Crippen LogP contribution in [0.25, 0.3) is 0 Å². The van der Waals surface area contributed by atoms with E-state index in [0.29, 0.717) is 18.1 Å². The molecule has 1 aromatic carbocycles. The van der Waals surface area contributed by atoms with Crippen LogP contribution in [0, 0.1) is 6.92 Å². The van der Waals surface area contributed by atoms with E-state index in [9.17, 15) is 13.2 Å². The minimum Gasteiger partial charge on any atom is -0.342 e. The van der Waals surface area contributed by atoms with Gasteiger partial charge in [0.05, 0.1) is 17.5 Å². The van der Waals surface area contributed by atoms with Gasteiger partial charge in [0.1, 0.15) is 0 Å². The van der Waals surface area contributed by atoms with Gasteiger partial charge in [0.2, 0.25) is 5.91 Å². The van der Waals surface area contributed by atoms with Crippen molar-refractivity contribution in [2.24, 2.45) is 4.99 Å². The lowest BCUT2D eigenvalue weighted by Crippen LogP contribution is -2.37. The molecule has 0 bridgehead atoms. The number of hydrogen-bond donors (Lipinski definition) is 0. The molecule has 2 atom stereocenters. The van der Waals surface area contributed by atoms with Gasteiger partial charge in [-0.15, -0.1) is 0 Å². The molecule has 3 rings (SSSR count). The molecule has 2 aliphatic heterocycles. The second-order valence-electron chi connectivity index (χ2n) is 6.06. The Morgan fingerprint density at radius 3 is 2.65 bits per heavy atom. The van der Waals surface area contributed by atoms with Gasteiger partial charge in [0.25, 0.3) is 0 Å². The Kier molecular flexibility index (Phi) is 4.51. The zero-order valence-electron chi connectivity index (χ0n) is 13.2. The summed E-state index contributed by atoms with van der Waals surface area (Å²) in [5, 5.41) is 0.649. The van der Waals surface area contributed by atoms with Gasteiger partial charge in [-0.25, -0.2) is 8.42 Å². The zero-order chi connectivity index (χ0) is 16.6.